The standard InChI is InChI=1S/C40H23NS/c1-2-11-29-28(10-1)32-15-7-9-25-21-26(23-35(29)39(25)32)41-36-17-5-3-12-30(36)34-22-24(19-20-37(34)41)27-14-8-16-33-31-13-4-6-18-38(31)42-40(27)33/h1-23H. The Hall–Kier alpha value is -5.18. The first-order chi connectivity index (χ1) is 20.8. The zero-order valence-corrected chi connectivity index (χ0v) is 23.5. The number of fused-ring (bicyclic) bond motifs is 9. The van der Waals surface area contributed by atoms with Crippen molar-refractivity contribution >= 4 is 64.1 Å². The summed E-state index contributed by atoms with van der Waals surface area (Å²) in [5.74, 6) is 0. The van der Waals surface area contributed by atoms with Crippen molar-refractivity contribution < 1.29 is 0 Å². The van der Waals surface area contributed by atoms with Crippen LogP contribution in [0.1, 0.15) is 0 Å². The second-order valence-electron chi connectivity index (χ2n) is 11.3. The molecule has 42 heavy (non-hydrogen) atoms. The molecule has 10 rings (SSSR count). The molecule has 2 heteroatoms. The Labute approximate surface area is 246 Å². The van der Waals surface area contributed by atoms with Crippen molar-refractivity contribution in [3.05, 3.63) is 140 Å². The average Bonchev–Trinajstić information content (AvgIpc) is 3.70. The Morgan fingerprint density at radius 2 is 1.12 bits per heavy atom. The molecule has 0 unspecified atom stereocenters. The molecule has 0 bridgehead atoms. The van der Waals surface area contributed by atoms with Gasteiger partial charge in [-0.05, 0) is 80.6 Å². The van der Waals surface area contributed by atoms with Gasteiger partial charge in [-0.2, -0.15) is 0 Å². The summed E-state index contributed by atoms with van der Waals surface area (Å²) in [4.78, 5) is 0. The minimum absolute atomic E-state index is 1.21. The molecule has 9 aromatic rings. The monoisotopic (exact) mass is 549 g/mol. The number of hydrogen-bond donors (Lipinski definition) is 0. The first-order valence-corrected chi connectivity index (χ1v) is 15.3. The molecule has 0 aliphatic heterocycles. The molecule has 2 aromatic heterocycles. The molecule has 0 spiro atoms. The molecule has 7 aromatic carbocycles. The molecule has 0 saturated heterocycles. The van der Waals surface area contributed by atoms with Crippen LogP contribution in [-0.2, 0) is 0 Å². The quantitative estimate of drug-likeness (QED) is 0.202. The van der Waals surface area contributed by atoms with E-state index in [9.17, 15) is 0 Å². The van der Waals surface area contributed by atoms with Crippen LogP contribution < -0.4 is 0 Å². The maximum Gasteiger partial charge on any atom is 0.0541 e. The third kappa shape index (κ3) is 2.92. The van der Waals surface area contributed by atoms with Gasteiger partial charge in [0.05, 0.1) is 11.0 Å². The normalized spacial score (nSPS) is 12.3. The molecule has 0 saturated carbocycles. The van der Waals surface area contributed by atoms with E-state index in [0.717, 1.165) is 0 Å². The Kier molecular flexibility index (Phi) is 4.39. The van der Waals surface area contributed by atoms with E-state index in [1.807, 2.05) is 11.3 Å². The number of aromatic nitrogens is 1. The average molecular weight is 550 g/mol. The second-order valence-corrected chi connectivity index (χ2v) is 12.4. The summed E-state index contributed by atoms with van der Waals surface area (Å²) in [5.41, 5.74) is 11.6. The molecular formula is C40H23NS. The highest BCUT2D eigenvalue weighted by Crippen LogP contribution is 2.49. The molecule has 1 aliphatic carbocycles. The highest BCUT2D eigenvalue weighted by molar-refractivity contribution is 7.26. The van der Waals surface area contributed by atoms with Crippen molar-refractivity contribution in [2.24, 2.45) is 0 Å². The highest BCUT2D eigenvalue weighted by Gasteiger charge is 2.23. The smallest absolute Gasteiger partial charge is 0.0541 e. The highest BCUT2D eigenvalue weighted by atomic mass is 32.1. The van der Waals surface area contributed by atoms with Crippen molar-refractivity contribution in [1.82, 2.24) is 4.57 Å². The number of nitrogens with zero attached hydrogens (tertiary/aromatic N) is 1. The summed E-state index contributed by atoms with van der Waals surface area (Å²) in [6.45, 7) is 0. The van der Waals surface area contributed by atoms with Crippen LogP contribution in [0.3, 0.4) is 0 Å². The lowest BCUT2D eigenvalue weighted by Gasteiger charge is -2.12. The predicted octanol–water partition coefficient (Wildman–Crippen LogP) is 11.6. The van der Waals surface area contributed by atoms with Gasteiger partial charge in [0.15, 0.2) is 0 Å². The van der Waals surface area contributed by atoms with Gasteiger partial charge in [-0.15, -0.1) is 11.3 Å². The van der Waals surface area contributed by atoms with E-state index >= 15 is 0 Å². The fourth-order valence-corrected chi connectivity index (χ4v) is 8.56. The molecule has 1 aliphatic rings. The van der Waals surface area contributed by atoms with Gasteiger partial charge in [0.25, 0.3) is 0 Å². The van der Waals surface area contributed by atoms with Gasteiger partial charge in [0.1, 0.15) is 0 Å². The number of rotatable bonds is 2. The van der Waals surface area contributed by atoms with Crippen molar-refractivity contribution in [3.63, 3.8) is 0 Å². The van der Waals surface area contributed by atoms with Gasteiger partial charge in [0, 0.05) is 36.6 Å². The van der Waals surface area contributed by atoms with Gasteiger partial charge in [-0.1, -0.05) is 103 Å². The zero-order chi connectivity index (χ0) is 27.4. The second kappa shape index (κ2) is 8.19. The Bertz CT molecular complexity index is 2580. The summed E-state index contributed by atoms with van der Waals surface area (Å²) in [6, 6.07) is 51.7. The van der Waals surface area contributed by atoms with Crippen LogP contribution in [-0.4, -0.2) is 4.57 Å². The van der Waals surface area contributed by atoms with Crippen LogP contribution in [0.4, 0.5) is 0 Å². The lowest BCUT2D eigenvalue weighted by molar-refractivity contribution is 1.19. The van der Waals surface area contributed by atoms with Gasteiger partial charge in [-0.25, -0.2) is 0 Å². The van der Waals surface area contributed by atoms with E-state index in [4.69, 9.17) is 0 Å². The number of benzene rings is 7. The van der Waals surface area contributed by atoms with Crippen LogP contribution in [0.15, 0.2) is 140 Å². The van der Waals surface area contributed by atoms with Crippen LogP contribution in [0, 0.1) is 0 Å². The van der Waals surface area contributed by atoms with E-state index in [2.05, 4.69) is 144 Å². The van der Waals surface area contributed by atoms with E-state index < -0.39 is 0 Å². The Morgan fingerprint density at radius 1 is 0.429 bits per heavy atom. The SMILES string of the molecule is c1ccc2c(c1)-c1cccc3cc(-n4c5ccccc5c5cc(-c6cccc7c6sc6ccccc67)ccc54)cc-2c13. The van der Waals surface area contributed by atoms with Crippen molar-refractivity contribution in [3.8, 4) is 39.1 Å². The summed E-state index contributed by atoms with van der Waals surface area (Å²) in [6.07, 6.45) is 0. The van der Waals surface area contributed by atoms with E-state index in [1.54, 1.807) is 0 Å². The summed E-state index contributed by atoms with van der Waals surface area (Å²) < 4.78 is 5.15. The summed E-state index contributed by atoms with van der Waals surface area (Å²) in [5, 5.41) is 7.89. The maximum absolute atomic E-state index is 2.46. The molecule has 0 amide bonds. The summed E-state index contributed by atoms with van der Waals surface area (Å²) >= 11 is 1.89. The lowest BCUT2D eigenvalue weighted by atomic mass is 10.0. The first kappa shape index (κ1) is 22.5. The largest absolute Gasteiger partial charge is 0.309 e. The van der Waals surface area contributed by atoms with Crippen LogP contribution >= 0.6 is 11.3 Å². The number of hydrogen-bond acceptors (Lipinski definition) is 1. The van der Waals surface area contributed by atoms with E-state index in [-0.39, 0.29) is 0 Å². The fraction of sp³-hybridized carbons (Fsp3) is 0. The predicted molar refractivity (Wildman–Crippen MR) is 181 cm³/mol. The molecule has 0 N–H and O–H groups in total. The third-order valence-electron chi connectivity index (χ3n) is 9.12. The first-order valence-electron chi connectivity index (χ1n) is 14.4. The van der Waals surface area contributed by atoms with Gasteiger partial charge < -0.3 is 4.57 Å². The number of thiophene rings is 1. The van der Waals surface area contributed by atoms with Gasteiger partial charge in [0.2, 0.25) is 0 Å². The molecule has 0 fully saturated rings. The van der Waals surface area contributed by atoms with Crippen LogP contribution in [0.5, 0.6) is 0 Å². The lowest BCUT2D eigenvalue weighted by Crippen LogP contribution is -1.94. The van der Waals surface area contributed by atoms with Gasteiger partial charge in [-0.3, -0.25) is 0 Å². The summed E-state index contributed by atoms with van der Waals surface area (Å²) in [7, 11) is 0. The minimum Gasteiger partial charge on any atom is -0.309 e. The fourth-order valence-electron chi connectivity index (χ4n) is 7.32. The van der Waals surface area contributed by atoms with Crippen LogP contribution in [0.2, 0.25) is 0 Å². The molecule has 1 nitrogen and oxygen atoms in total. The molecule has 2 heterocycles. The van der Waals surface area contributed by atoms with E-state index in [0.29, 0.717) is 0 Å². The molecular weight excluding hydrogens is 527 g/mol. The maximum atomic E-state index is 2.46. The zero-order valence-electron chi connectivity index (χ0n) is 22.6. The Morgan fingerprint density at radius 3 is 2.05 bits per heavy atom. The van der Waals surface area contributed by atoms with Crippen molar-refractivity contribution in [2.45, 2.75) is 0 Å². The topological polar surface area (TPSA) is 4.93 Å². The van der Waals surface area contributed by atoms with Gasteiger partial charge >= 0.3 is 0 Å². The molecule has 194 valence electrons. The van der Waals surface area contributed by atoms with Crippen molar-refractivity contribution in [2.75, 3.05) is 0 Å². The minimum atomic E-state index is 1.21. The van der Waals surface area contributed by atoms with Crippen molar-refractivity contribution in [1.29, 1.82) is 0 Å². The Balaban J connectivity index is 1.25. The number of para-hydroxylation sites is 1. The third-order valence-corrected chi connectivity index (χ3v) is 10.3. The molecule has 0 atom stereocenters. The molecule has 0 radical (unpaired) electrons. The van der Waals surface area contributed by atoms with E-state index in [1.165, 1.54) is 91.8 Å². The van der Waals surface area contributed by atoms with Crippen LogP contribution in [0.25, 0.3) is 91.8 Å².